The molecule has 2 fully saturated rings. The largest absolute Gasteiger partial charge is 0.118 e. The molecule has 3 rings (SSSR count). The highest BCUT2D eigenvalue weighted by Gasteiger charge is 2.30. The molecule has 0 bridgehead atoms. The van der Waals surface area contributed by atoms with Crippen LogP contribution in [0.4, 0.5) is 0 Å². The van der Waals surface area contributed by atoms with Gasteiger partial charge in [0.1, 0.15) is 0 Å². The number of benzene rings is 1. The fourth-order valence-electron chi connectivity index (χ4n) is 3.05. The standard InChI is InChI=1S/C16H21Cl/c17-16(15-10-11-15)14-8-6-13(7-9-14)12-4-2-1-3-5-12/h6-9,12,15-16H,1-5,10-11H2. The first-order chi connectivity index (χ1) is 8.34. The summed E-state index contributed by atoms with van der Waals surface area (Å²) in [6, 6.07) is 9.17. The molecule has 0 N–H and O–H groups in total. The first kappa shape index (κ1) is 11.6. The molecular formula is C16H21Cl. The quantitative estimate of drug-likeness (QED) is 0.626. The summed E-state index contributed by atoms with van der Waals surface area (Å²) in [5, 5.41) is 0.260. The Morgan fingerprint density at radius 1 is 0.882 bits per heavy atom. The van der Waals surface area contributed by atoms with Gasteiger partial charge in [0.2, 0.25) is 0 Å². The van der Waals surface area contributed by atoms with Gasteiger partial charge in [-0.05, 0) is 48.6 Å². The van der Waals surface area contributed by atoms with Gasteiger partial charge in [-0.25, -0.2) is 0 Å². The van der Waals surface area contributed by atoms with Crippen LogP contribution in [0, 0.1) is 5.92 Å². The normalized spacial score (nSPS) is 23.6. The minimum atomic E-state index is 0.260. The van der Waals surface area contributed by atoms with Crippen molar-refractivity contribution >= 4 is 11.6 Å². The average molecular weight is 249 g/mol. The molecule has 0 aromatic heterocycles. The molecule has 0 aliphatic heterocycles. The van der Waals surface area contributed by atoms with E-state index in [2.05, 4.69) is 24.3 Å². The Kier molecular flexibility index (Phi) is 3.42. The van der Waals surface area contributed by atoms with Gasteiger partial charge < -0.3 is 0 Å². The smallest absolute Gasteiger partial charge is 0.0613 e. The Balaban J connectivity index is 1.70. The zero-order valence-electron chi connectivity index (χ0n) is 10.4. The third-order valence-electron chi connectivity index (χ3n) is 4.37. The third-order valence-corrected chi connectivity index (χ3v) is 4.98. The summed E-state index contributed by atoms with van der Waals surface area (Å²) in [5.41, 5.74) is 2.86. The van der Waals surface area contributed by atoms with E-state index >= 15 is 0 Å². The molecular weight excluding hydrogens is 228 g/mol. The molecule has 1 aromatic carbocycles. The highest BCUT2D eigenvalue weighted by Crippen LogP contribution is 2.45. The van der Waals surface area contributed by atoms with E-state index in [1.807, 2.05) is 0 Å². The lowest BCUT2D eigenvalue weighted by Crippen LogP contribution is -2.04. The summed E-state index contributed by atoms with van der Waals surface area (Å²) >= 11 is 6.44. The van der Waals surface area contributed by atoms with Crippen molar-refractivity contribution in [1.82, 2.24) is 0 Å². The fourth-order valence-corrected chi connectivity index (χ4v) is 3.45. The molecule has 0 spiro atoms. The summed E-state index contributed by atoms with van der Waals surface area (Å²) in [7, 11) is 0. The van der Waals surface area contributed by atoms with E-state index in [4.69, 9.17) is 11.6 Å². The highest BCUT2D eigenvalue weighted by atomic mass is 35.5. The number of halogens is 1. The molecule has 17 heavy (non-hydrogen) atoms. The Hall–Kier alpha value is -0.490. The van der Waals surface area contributed by atoms with Crippen molar-refractivity contribution < 1.29 is 0 Å². The van der Waals surface area contributed by atoms with Crippen LogP contribution in [-0.4, -0.2) is 0 Å². The molecule has 2 saturated carbocycles. The van der Waals surface area contributed by atoms with Gasteiger partial charge in [-0.3, -0.25) is 0 Å². The molecule has 0 nitrogen and oxygen atoms in total. The monoisotopic (exact) mass is 248 g/mol. The van der Waals surface area contributed by atoms with Crippen molar-refractivity contribution in [3.8, 4) is 0 Å². The predicted molar refractivity (Wildman–Crippen MR) is 73.6 cm³/mol. The van der Waals surface area contributed by atoms with Gasteiger partial charge in [0.15, 0.2) is 0 Å². The predicted octanol–water partition coefficient (Wildman–Crippen LogP) is 5.42. The first-order valence-electron chi connectivity index (χ1n) is 7.08. The van der Waals surface area contributed by atoms with Crippen molar-refractivity contribution in [2.45, 2.75) is 56.2 Å². The van der Waals surface area contributed by atoms with Crippen molar-refractivity contribution in [2.75, 3.05) is 0 Å². The van der Waals surface area contributed by atoms with Gasteiger partial charge in [0.25, 0.3) is 0 Å². The lowest BCUT2D eigenvalue weighted by molar-refractivity contribution is 0.443. The molecule has 0 heterocycles. The van der Waals surface area contributed by atoms with Crippen LogP contribution < -0.4 is 0 Å². The summed E-state index contributed by atoms with van der Waals surface area (Å²) in [6.07, 6.45) is 9.65. The molecule has 1 aromatic rings. The van der Waals surface area contributed by atoms with E-state index in [-0.39, 0.29) is 5.38 Å². The number of hydrogen-bond acceptors (Lipinski definition) is 0. The van der Waals surface area contributed by atoms with Crippen LogP contribution in [0.1, 0.15) is 67.4 Å². The van der Waals surface area contributed by atoms with Crippen LogP contribution in [0.3, 0.4) is 0 Å². The van der Waals surface area contributed by atoms with Gasteiger partial charge >= 0.3 is 0 Å². The summed E-state index contributed by atoms with van der Waals surface area (Å²) < 4.78 is 0. The van der Waals surface area contributed by atoms with Crippen molar-refractivity contribution in [2.24, 2.45) is 5.92 Å². The number of alkyl halides is 1. The minimum absolute atomic E-state index is 0.260. The van der Waals surface area contributed by atoms with E-state index in [9.17, 15) is 0 Å². The Bertz CT molecular complexity index is 358. The van der Waals surface area contributed by atoms with Gasteiger partial charge in [0, 0.05) is 0 Å². The second-order valence-electron chi connectivity index (χ2n) is 5.74. The number of rotatable bonds is 3. The minimum Gasteiger partial charge on any atom is -0.118 e. The molecule has 1 unspecified atom stereocenters. The van der Waals surface area contributed by atoms with Crippen molar-refractivity contribution in [3.63, 3.8) is 0 Å². The third kappa shape index (κ3) is 2.68. The SMILES string of the molecule is ClC(c1ccc(C2CCCCC2)cc1)C1CC1. The summed E-state index contributed by atoms with van der Waals surface area (Å²) in [6.45, 7) is 0. The molecule has 2 aliphatic rings. The Morgan fingerprint density at radius 2 is 1.53 bits per heavy atom. The van der Waals surface area contributed by atoms with E-state index in [0.717, 1.165) is 11.8 Å². The highest BCUT2D eigenvalue weighted by molar-refractivity contribution is 6.21. The van der Waals surface area contributed by atoms with E-state index in [1.165, 1.54) is 56.1 Å². The molecule has 0 radical (unpaired) electrons. The van der Waals surface area contributed by atoms with Crippen LogP contribution in [-0.2, 0) is 0 Å². The topological polar surface area (TPSA) is 0 Å². The molecule has 92 valence electrons. The average Bonchev–Trinajstić information content (AvgIpc) is 3.24. The van der Waals surface area contributed by atoms with Gasteiger partial charge in [-0.15, -0.1) is 11.6 Å². The zero-order chi connectivity index (χ0) is 11.7. The zero-order valence-corrected chi connectivity index (χ0v) is 11.1. The maximum Gasteiger partial charge on any atom is 0.0613 e. The first-order valence-corrected chi connectivity index (χ1v) is 7.52. The van der Waals surface area contributed by atoms with Crippen LogP contribution in [0.5, 0.6) is 0 Å². The maximum atomic E-state index is 6.44. The Morgan fingerprint density at radius 3 is 2.12 bits per heavy atom. The van der Waals surface area contributed by atoms with E-state index < -0.39 is 0 Å². The second-order valence-corrected chi connectivity index (χ2v) is 6.21. The molecule has 2 aliphatic carbocycles. The van der Waals surface area contributed by atoms with Gasteiger partial charge in [-0.2, -0.15) is 0 Å². The van der Waals surface area contributed by atoms with Crippen LogP contribution >= 0.6 is 11.6 Å². The van der Waals surface area contributed by atoms with Crippen LogP contribution in [0.25, 0.3) is 0 Å². The summed E-state index contributed by atoms with van der Waals surface area (Å²) in [5.74, 6) is 1.56. The Labute approximate surface area is 109 Å². The molecule has 1 atom stereocenters. The molecule has 0 amide bonds. The lowest BCUT2D eigenvalue weighted by Gasteiger charge is -2.22. The van der Waals surface area contributed by atoms with Crippen molar-refractivity contribution in [1.29, 1.82) is 0 Å². The van der Waals surface area contributed by atoms with Crippen LogP contribution in [0.2, 0.25) is 0 Å². The molecule has 0 saturated heterocycles. The number of hydrogen-bond donors (Lipinski definition) is 0. The maximum absolute atomic E-state index is 6.44. The van der Waals surface area contributed by atoms with Crippen molar-refractivity contribution in [3.05, 3.63) is 35.4 Å². The van der Waals surface area contributed by atoms with E-state index in [1.54, 1.807) is 0 Å². The van der Waals surface area contributed by atoms with Gasteiger partial charge in [0.05, 0.1) is 5.38 Å². The van der Waals surface area contributed by atoms with E-state index in [0.29, 0.717) is 0 Å². The van der Waals surface area contributed by atoms with Gasteiger partial charge in [-0.1, -0.05) is 43.5 Å². The van der Waals surface area contributed by atoms with Crippen LogP contribution in [0.15, 0.2) is 24.3 Å². The fraction of sp³-hybridized carbons (Fsp3) is 0.625. The second kappa shape index (κ2) is 5.02. The molecule has 1 heteroatoms. The lowest BCUT2D eigenvalue weighted by atomic mass is 9.84. The summed E-state index contributed by atoms with van der Waals surface area (Å²) in [4.78, 5) is 0.